The number of nitrogens with zero attached hydrogens (tertiary/aromatic N) is 3. The van der Waals surface area contributed by atoms with E-state index in [4.69, 9.17) is 0 Å². The first-order valence-corrected chi connectivity index (χ1v) is 11.0. The lowest BCUT2D eigenvalue weighted by Gasteiger charge is -2.21. The second-order valence-electron chi connectivity index (χ2n) is 9.17. The van der Waals surface area contributed by atoms with Crippen LogP contribution in [0.15, 0.2) is 30.3 Å². The molecule has 1 saturated heterocycles. The van der Waals surface area contributed by atoms with Gasteiger partial charge in [0.15, 0.2) is 0 Å². The maximum atomic E-state index is 13.1. The second-order valence-corrected chi connectivity index (χ2v) is 9.17. The van der Waals surface area contributed by atoms with Gasteiger partial charge in [-0.2, -0.15) is 0 Å². The Kier molecular flexibility index (Phi) is 5.42. The highest BCUT2D eigenvalue weighted by Gasteiger charge is 2.32. The third kappa shape index (κ3) is 3.54. The lowest BCUT2D eigenvalue weighted by Crippen LogP contribution is -2.38. The maximum absolute atomic E-state index is 13.1. The molecule has 1 aromatic heterocycles. The minimum atomic E-state index is -0.185. The fourth-order valence-electron chi connectivity index (χ4n) is 4.92. The summed E-state index contributed by atoms with van der Waals surface area (Å²) in [6.45, 7) is 9.64. The molecule has 1 fully saturated rings. The highest BCUT2D eigenvalue weighted by atomic mass is 16.2. The van der Waals surface area contributed by atoms with Gasteiger partial charge >= 0.3 is 6.03 Å². The fourth-order valence-corrected chi connectivity index (χ4v) is 4.92. The first-order valence-electron chi connectivity index (χ1n) is 11.0. The Morgan fingerprint density at radius 2 is 1.84 bits per heavy atom. The molecule has 1 unspecified atom stereocenters. The number of carbonyl (C=O) groups excluding carboxylic acids is 2. The van der Waals surface area contributed by atoms with E-state index in [1.54, 1.807) is 23.9 Å². The lowest BCUT2D eigenvalue weighted by molar-refractivity contribution is -0.119. The van der Waals surface area contributed by atoms with Crippen LogP contribution in [0, 0.1) is 19.8 Å². The zero-order chi connectivity index (χ0) is 22.4. The minimum Gasteiger partial charge on any atom is -0.338 e. The SMILES string of the molecule is Cc1cc2c(c(C)c1NC(=O)C1CCN(C(=O)N(C)C)C1)c1ccccc1n2C(C)C. The van der Waals surface area contributed by atoms with E-state index in [1.165, 1.54) is 21.8 Å². The van der Waals surface area contributed by atoms with Crippen LogP contribution in [-0.2, 0) is 4.79 Å². The van der Waals surface area contributed by atoms with Crippen molar-refractivity contribution in [3.05, 3.63) is 41.5 Å². The van der Waals surface area contributed by atoms with Gasteiger partial charge in [0.25, 0.3) is 0 Å². The smallest absolute Gasteiger partial charge is 0.319 e. The molecule has 164 valence electrons. The Bertz CT molecular complexity index is 1180. The van der Waals surface area contributed by atoms with Gasteiger partial charge in [0.05, 0.1) is 11.4 Å². The molecule has 0 radical (unpaired) electrons. The Morgan fingerprint density at radius 1 is 1.13 bits per heavy atom. The molecule has 3 aromatic rings. The Hall–Kier alpha value is -3.02. The zero-order valence-electron chi connectivity index (χ0n) is 19.3. The number of hydrogen-bond acceptors (Lipinski definition) is 2. The number of fused-ring (bicyclic) bond motifs is 3. The molecular weight excluding hydrogens is 388 g/mol. The van der Waals surface area contributed by atoms with E-state index in [2.05, 4.69) is 67.9 Å². The first-order chi connectivity index (χ1) is 14.7. The van der Waals surface area contributed by atoms with Crippen LogP contribution in [0.3, 0.4) is 0 Å². The van der Waals surface area contributed by atoms with Crippen molar-refractivity contribution in [3.63, 3.8) is 0 Å². The number of carbonyl (C=O) groups is 2. The molecule has 6 heteroatoms. The van der Waals surface area contributed by atoms with Gasteiger partial charge in [0, 0.05) is 55.2 Å². The van der Waals surface area contributed by atoms with Crippen LogP contribution >= 0.6 is 0 Å². The number of anilines is 1. The number of hydrogen-bond donors (Lipinski definition) is 1. The third-order valence-electron chi connectivity index (χ3n) is 6.42. The van der Waals surface area contributed by atoms with Crippen LogP contribution in [-0.4, -0.2) is 53.5 Å². The van der Waals surface area contributed by atoms with Crippen molar-refractivity contribution in [2.75, 3.05) is 32.5 Å². The summed E-state index contributed by atoms with van der Waals surface area (Å²) in [7, 11) is 3.48. The van der Waals surface area contributed by atoms with E-state index >= 15 is 0 Å². The van der Waals surface area contributed by atoms with Crippen molar-refractivity contribution < 1.29 is 9.59 Å². The molecule has 1 atom stereocenters. The van der Waals surface area contributed by atoms with Crippen LogP contribution in [0.4, 0.5) is 10.5 Å². The molecule has 4 rings (SSSR count). The van der Waals surface area contributed by atoms with Crippen molar-refractivity contribution in [1.82, 2.24) is 14.4 Å². The van der Waals surface area contributed by atoms with Crippen molar-refractivity contribution >= 4 is 39.4 Å². The topological polar surface area (TPSA) is 57.6 Å². The molecule has 31 heavy (non-hydrogen) atoms. The summed E-state index contributed by atoms with van der Waals surface area (Å²) >= 11 is 0. The molecule has 0 aliphatic carbocycles. The first kappa shape index (κ1) is 21.2. The predicted molar refractivity (Wildman–Crippen MR) is 127 cm³/mol. The zero-order valence-corrected chi connectivity index (χ0v) is 19.3. The molecular formula is C25H32N4O2. The molecule has 2 heterocycles. The maximum Gasteiger partial charge on any atom is 0.319 e. The van der Waals surface area contributed by atoms with E-state index in [0.29, 0.717) is 25.6 Å². The fraction of sp³-hybridized carbons (Fsp3) is 0.440. The minimum absolute atomic E-state index is 0.00722. The van der Waals surface area contributed by atoms with Crippen LogP contribution in [0.2, 0.25) is 0 Å². The van der Waals surface area contributed by atoms with Gasteiger partial charge in [0.1, 0.15) is 0 Å². The highest BCUT2D eigenvalue weighted by Crippen LogP contribution is 2.38. The van der Waals surface area contributed by atoms with Crippen LogP contribution in [0.1, 0.15) is 37.4 Å². The van der Waals surface area contributed by atoms with Gasteiger partial charge in [0.2, 0.25) is 5.91 Å². The molecule has 0 saturated carbocycles. The van der Waals surface area contributed by atoms with Crippen LogP contribution in [0.25, 0.3) is 21.8 Å². The predicted octanol–water partition coefficient (Wildman–Crippen LogP) is 4.93. The highest BCUT2D eigenvalue weighted by molar-refractivity contribution is 6.12. The number of para-hydroxylation sites is 1. The number of urea groups is 1. The molecule has 3 amide bonds. The summed E-state index contributed by atoms with van der Waals surface area (Å²) in [6, 6.07) is 11.0. The summed E-state index contributed by atoms with van der Waals surface area (Å²) in [6.07, 6.45) is 0.693. The van der Waals surface area contributed by atoms with Crippen molar-refractivity contribution in [2.24, 2.45) is 5.92 Å². The van der Waals surface area contributed by atoms with Crippen molar-refractivity contribution in [3.8, 4) is 0 Å². The summed E-state index contributed by atoms with van der Waals surface area (Å²) in [5.41, 5.74) is 5.46. The summed E-state index contributed by atoms with van der Waals surface area (Å²) in [4.78, 5) is 28.6. The van der Waals surface area contributed by atoms with Gasteiger partial charge in [-0.3, -0.25) is 4.79 Å². The number of benzene rings is 2. The monoisotopic (exact) mass is 420 g/mol. The molecule has 1 aliphatic heterocycles. The Labute approximate surface area is 183 Å². The van der Waals surface area contributed by atoms with Gasteiger partial charge < -0.3 is 19.7 Å². The number of nitrogens with one attached hydrogen (secondary N) is 1. The Balaban J connectivity index is 1.70. The number of likely N-dealkylation sites (tertiary alicyclic amines) is 1. The van der Waals surface area contributed by atoms with E-state index in [1.807, 2.05) is 0 Å². The van der Waals surface area contributed by atoms with Gasteiger partial charge in [-0.1, -0.05) is 18.2 Å². The molecule has 1 aliphatic rings. The molecule has 0 bridgehead atoms. The van der Waals surface area contributed by atoms with Gasteiger partial charge in [-0.25, -0.2) is 4.79 Å². The van der Waals surface area contributed by atoms with Crippen molar-refractivity contribution in [1.29, 1.82) is 0 Å². The normalized spacial score (nSPS) is 16.5. The molecule has 0 spiro atoms. The average Bonchev–Trinajstić information content (AvgIpc) is 3.33. The quantitative estimate of drug-likeness (QED) is 0.653. The van der Waals surface area contributed by atoms with Crippen molar-refractivity contribution in [2.45, 2.75) is 40.2 Å². The molecule has 2 aromatic carbocycles. The number of amides is 3. The van der Waals surface area contributed by atoms with Gasteiger partial charge in [-0.15, -0.1) is 0 Å². The standard InChI is InChI=1S/C25H32N4O2/c1-15(2)29-20-10-8-7-9-19(20)22-17(4)23(16(3)13-21(22)29)26-24(30)18-11-12-28(14-18)25(31)27(5)6/h7-10,13,15,18H,11-12,14H2,1-6H3,(H,26,30). The number of aromatic nitrogens is 1. The Morgan fingerprint density at radius 3 is 2.52 bits per heavy atom. The summed E-state index contributed by atoms with van der Waals surface area (Å²) < 4.78 is 2.37. The second kappa shape index (κ2) is 7.91. The largest absolute Gasteiger partial charge is 0.338 e. The van der Waals surface area contributed by atoms with E-state index in [0.717, 1.165) is 16.8 Å². The molecule has 6 nitrogen and oxygen atoms in total. The summed E-state index contributed by atoms with van der Waals surface area (Å²) in [5, 5.41) is 5.61. The van der Waals surface area contributed by atoms with Gasteiger partial charge in [-0.05, 0) is 57.4 Å². The third-order valence-corrected chi connectivity index (χ3v) is 6.42. The average molecular weight is 421 g/mol. The van der Waals surface area contributed by atoms with Crippen LogP contribution in [0.5, 0.6) is 0 Å². The number of rotatable bonds is 3. The lowest BCUT2D eigenvalue weighted by atomic mass is 10.0. The summed E-state index contributed by atoms with van der Waals surface area (Å²) in [5.74, 6) is -0.192. The van der Waals surface area contributed by atoms with E-state index < -0.39 is 0 Å². The van der Waals surface area contributed by atoms with Crippen LogP contribution < -0.4 is 5.32 Å². The van der Waals surface area contributed by atoms with E-state index in [9.17, 15) is 9.59 Å². The van der Waals surface area contributed by atoms with E-state index in [-0.39, 0.29) is 17.9 Å². The molecule has 1 N–H and O–H groups in total. The number of aryl methyl sites for hydroxylation is 2.